The summed E-state index contributed by atoms with van der Waals surface area (Å²) in [5.41, 5.74) is 1.61. The van der Waals surface area contributed by atoms with Crippen molar-refractivity contribution in [3.05, 3.63) is 83.2 Å². The molecule has 3 rings (SSSR count). The van der Waals surface area contributed by atoms with Gasteiger partial charge in [0.2, 0.25) is 0 Å². The summed E-state index contributed by atoms with van der Waals surface area (Å²) < 4.78 is 69.8. The van der Waals surface area contributed by atoms with Gasteiger partial charge in [-0.3, -0.25) is 9.44 Å². The molecular formula is C21H21FN2O4S2. The van der Waals surface area contributed by atoms with Crippen molar-refractivity contribution in [2.45, 2.75) is 30.6 Å². The third kappa shape index (κ3) is 4.63. The van der Waals surface area contributed by atoms with Crippen LogP contribution in [0.15, 0.2) is 70.5 Å². The lowest BCUT2D eigenvalue weighted by molar-refractivity contribution is 0.596. The van der Waals surface area contributed by atoms with Crippen LogP contribution >= 0.6 is 0 Å². The Hall–Kier alpha value is -2.91. The molecule has 3 aromatic rings. The van der Waals surface area contributed by atoms with Gasteiger partial charge in [-0.2, -0.15) is 0 Å². The first kappa shape index (κ1) is 21.8. The third-order valence-electron chi connectivity index (χ3n) is 4.48. The predicted octanol–water partition coefficient (Wildman–Crippen LogP) is 4.35. The molecule has 0 atom stereocenters. The van der Waals surface area contributed by atoms with E-state index in [1.165, 1.54) is 36.4 Å². The average Bonchev–Trinajstić information content (AvgIpc) is 2.66. The molecule has 0 amide bonds. The highest BCUT2D eigenvalue weighted by Gasteiger charge is 2.22. The monoisotopic (exact) mass is 448 g/mol. The third-order valence-corrected chi connectivity index (χ3v) is 7.51. The van der Waals surface area contributed by atoms with E-state index in [0.717, 1.165) is 11.6 Å². The van der Waals surface area contributed by atoms with Crippen molar-refractivity contribution >= 4 is 31.4 Å². The van der Waals surface area contributed by atoms with Gasteiger partial charge in [-0.15, -0.1) is 0 Å². The van der Waals surface area contributed by atoms with Crippen LogP contribution in [0.1, 0.15) is 16.7 Å². The average molecular weight is 449 g/mol. The first-order valence-electron chi connectivity index (χ1n) is 8.98. The number of halogens is 1. The highest BCUT2D eigenvalue weighted by molar-refractivity contribution is 7.93. The van der Waals surface area contributed by atoms with Gasteiger partial charge in [-0.25, -0.2) is 21.2 Å². The SMILES string of the molecule is Cc1ccc(C)c(S(=O)(=O)Nc2ccc(C)c(S(=O)(=O)Nc3ccccc3F)c2)c1. The van der Waals surface area contributed by atoms with E-state index in [4.69, 9.17) is 0 Å². The van der Waals surface area contributed by atoms with Gasteiger partial charge in [0.05, 0.1) is 21.2 Å². The van der Waals surface area contributed by atoms with Crippen LogP contribution in [0.2, 0.25) is 0 Å². The van der Waals surface area contributed by atoms with Gasteiger partial charge in [-0.1, -0.05) is 30.3 Å². The summed E-state index contributed by atoms with van der Waals surface area (Å²) in [6.45, 7) is 5.03. The molecule has 0 heterocycles. The molecule has 3 aromatic carbocycles. The Balaban J connectivity index is 1.97. The summed E-state index contributed by atoms with van der Waals surface area (Å²) in [5, 5.41) is 0. The number of rotatable bonds is 6. The van der Waals surface area contributed by atoms with E-state index in [2.05, 4.69) is 9.44 Å². The lowest BCUT2D eigenvalue weighted by atomic mass is 10.2. The highest BCUT2D eigenvalue weighted by Crippen LogP contribution is 2.26. The van der Waals surface area contributed by atoms with Crippen LogP contribution in [0.3, 0.4) is 0 Å². The normalized spacial score (nSPS) is 11.9. The van der Waals surface area contributed by atoms with Crippen molar-refractivity contribution in [1.82, 2.24) is 0 Å². The molecule has 30 heavy (non-hydrogen) atoms. The van der Waals surface area contributed by atoms with Crippen LogP contribution in [0.5, 0.6) is 0 Å². The first-order chi connectivity index (χ1) is 14.0. The molecule has 0 aliphatic heterocycles. The fraction of sp³-hybridized carbons (Fsp3) is 0.143. The summed E-state index contributed by atoms with van der Waals surface area (Å²) in [4.78, 5) is -0.0520. The molecule has 0 radical (unpaired) electrons. The molecule has 0 saturated heterocycles. The summed E-state index contributed by atoms with van der Waals surface area (Å²) in [7, 11) is -8.08. The Morgan fingerprint density at radius 1 is 0.700 bits per heavy atom. The molecule has 6 nitrogen and oxygen atoms in total. The molecular weight excluding hydrogens is 427 g/mol. The van der Waals surface area contributed by atoms with Crippen LogP contribution in [-0.4, -0.2) is 16.8 Å². The van der Waals surface area contributed by atoms with E-state index in [-0.39, 0.29) is 21.2 Å². The topological polar surface area (TPSA) is 92.3 Å². The summed E-state index contributed by atoms with van der Waals surface area (Å²) in [6, 6.07) is 14.6. The number of aryl methyl sites for hydroxylation is 3. The van der Waals surface area contributed by atoms with Crippen LogP contribution in [-0.2, 0) is 20.0 Å². The van der Waals surface area contributed by atoms with Crippen molar-refractivity contribution in [3.8, 4) is 0 Å². The maximum Gasteiger partial charge on any atom is 0.262 e. The first-order valence-corrected chi connectivity index (χ1v) is 11.9. The van der Waals surface area contributed by atoms with Crippen molar-refractivity contribution in [3.63, 3.8) is 0 Å². The molecule has 0 saturated carbocycles. The Kier molecular flexibility index (Phi) is 5.87. The molecule has 0 aromatic heterocycles. The van der Waals surface area contributed by atoms with Gasteiger partial charge in [0.15, 0.2) is 0 Å². The van der Waals surface area contributed by atoms with Crippen molar-refractivity contribution in [2.75, 3.05) is 9.44 Å². The minimum Gasteiger partial charge on any atom is -0.280 e. The van der Waals surface area contributed by atoms with Crippen molar-refractivity contribution in [2.24, 2.45) is 0 Å². The van der Waals surface area contributed by atoms with E-state index < -0.39 is 25.9 Å². The maximum atomic E-state index is 13.9. The number of hydrogen-bond donors (Lipinski definition) is 2. The lowest BCUT2D eigenvalue weighted by Gasteiger charge is -2.14. The molecule has 0 aliphatic carbocycles. The second-order valence-electron chi connectivity index (χ2n) is 6.94. The van der Waals surface area contributed by atoms with Gasteiger partial charge in [-0.05, 0) is 67.8 Å². The standard InChI is InChI=1S/C21H21FN2O4S2/c1-14-8-9-15(2)20(12-14)29(25,26)23-17-11-10-16(3)21(13-17)30(27,28)24-19-7-5-4-6-18(19)22/h4-13,23-24H,1-3H3. The van der Waals surface area contributed by atoms with Crippen LogP contribution in [0, 0.1) is 26.6 Å². The largest absolute Gasteiger partial charge is 0.280 e. The molecule has 0 aliphatic rings. The summed E-state index contributed by atoms with van der Waals surface area (Å²) in [6.07, 6.45) is 0. The lowest BCUT2D eigenvalue weighted by Crippen LogP contribution is -2.17. The molecule has 2 N–H and O–H groups in total. The van der Waals surface area contributed by atoms with Crippen molar-refractivity contribution < 1.29 is 21.2 Å². The van der Waals surface area contributed by atoms with E-state index in [1.807, 2.05) is 0 Å². The fourth-order valence-electron chi connectivity index (χ4n) is 2.90. The number of para-hydroxylation sites is 1. The van der Waals surface area contributed by atoms with Gasteiger partial charge >= 0.3 is 0 Å². The molecule has 9 heteroatoms. The zero-order chi connectivity index (χ0) is 22.1. The zero-order valence-electron chi connectivity index (χ0n) is 16.6. The maximum absolute atomic E-state index is 13.9. The molecule has 0 unspecified atom stereocenters. The molecule has 0 bridgehead atoms. The highest BCUT2D eigenvalue weighted by atomic mass is 32.2. The fourth-order valence-corrected chi connectivity index (χ4v) is 5.62. The smallest absolute Gasteiger partial charge is 0.262 e. The Labute approximate surface area is 175 Å². The van der Waals surface area contributed by atoms with E-state index >= 15 is 0 Å². The van der Waals surface area contributed by atoms with E-state index in [9.17, 15) is 21.2 Å². The second-order valence-corrected chi connectivity index (χ2v) is 10.2. The second kappa shape index (κ2) is 8.08. The van der Waals surface area contributed by atoms with Gasteiger partial charge in [0, 0.05) is 0 Å². The zero-order valence-corrected chi connectivity index (χ0v) is 18.2. The molecule has 0 spiro atoms. The number of benzene rings is 3. The quantitative estimate of drug-likeness (QED) is 0.586. The predicted molar refractivity (Wildman–Crippen MR) is 115 cm³/mol. The van der Waals surface area contributed by atoms with Crippen molar-refractivity contribution in [1.29, 1.82) is 0 Å². The minimum atomic E-state index is -4.15. The van der Waals surface area contributed by atoms with Crippen LogP contribution < -0.4 is 9.44 Å². The number of sulfonamides is 2. The van der Waals surface area contributed by atoms with Gasteiger partial charge in [0.25, 0.3) is 20.0 Å². The molecule has 0 fully saturated rings. The summed E-state index contributed by atoms with van der Waals surface area (Å²) >= 11 is 0. The van der Waals surface area contributed by atoms with Crippen LogP contribution in [0.25, 0.3) is 0 Å². The van der Waals surface area contributed by atoms with Crippen LogP contribution in [0.4, 0.5) is 15.8 Å². The Morgan fingerprint density at radius 3 is 1.93 bits per heavy atom. The number of hydrogen-bond acceptors (Lipinski definition) is 4. The summed E-state index contributed by atoms with van der Waals surface area (Å²) in [5.74, 6) is -0.717. The van der Waals surface area contributed by atoms with E-state index in [1.54, 1.807) is 39.0 Å². The number of anilines is 2. The Bertz CT molecular complexity index is 1320. The Morgan fingerprint density at radius 2 is 1.27 bits per heavy atom. The van der Waals surface area contributed by atoms with Gasteiger partial charge in [0.1, 0.15) is 5.82 Å². The van der Waals surface area contributed by atoms with E-state index in [0.29, 0.717) is 11.1 Å². The number of nitrogens with one attached hydrogen (secondary N) is 2. The van der Waals surface area contributed by atoms with Gasteiger partial charge < -0.3 is 0 Å². The molecule has 158 valence electrons. The minimum absolute atomic E-state index is 0.0791.